The second-order valence-corrected chi connectivity index (χ2v) is 12.6. The van der Waals surface area contributed by atoms with Crippen LogP contribution in [0.2, 0.25) is 0 Å². The summed E-state index contributed by atoms with van der Waals surface area (Å²) >= 11 is 0. The number of hydrogen-bond donors (Lipinski definition) is 0. The van der Waals surface area contributed by atoms with E-state index in [1.165, 1.54) is 22.3 Å². The zero-order valence-corrected chi connectivity index (χ0v) is 26.9. The van der Waals surface area contributed by atoms with Crippen LogP contribution in [0.4, 0.5) is 0 Å². The van der Waals surface area contributed by atoms with Gasteiger partial charge < -0.3 is 4.74 Å². The Kier molecular flexibility index (Phi) is 6.33. The van der Waals surface area contributed by atoms with Gasteiger partial charge in [-0.15, -0.1) is 0 Å². The van der Waals surface area contributed by atoms with Crippen molar-refractivity contribution in [3.05, 3.63) is 192 Å². The summed E-state index contributed by atoms with van der Waals surface area (Å²) in [5.74, 6) is 3.34. The molecular formula is C45H28N4O. The van der Waals surface area contributed by atoms with Crippen molar-refractivity contribution < 1.29 is 4.74 Å². The minimum absolute atomic E-state index is 0.516. The molecule has 1 aliphatic carbocycles. The van der Waals surface area contributed by atoms with Crippen LogP contribution in [0.15, 0.2) is 170 Å². The average Bonchev–Trinajstić information content (AvgIpc) is 3.49. The Hall–Kier alpha value is -6.72. The lowest BCUT2D eigenvalue weighted by Gasteiger charge is -2.40. The van der Waals surface area contributed by atoms with Crippen molar-refractivity contribution in [2.75, 3.05) is 0 Å². The smallest absolute Gasteiger partial charge is 0.182 e. The highest BCUT2D eigenvalue weighted by Gasteiger charge is 2.51. The number of para-hydroxylation sites is 2. The maximum Gasteiger partial charge on any atom is 0.182 e. The molecule has 0 unspecified atom stereocenters. The van der Waals surface area contributed by atoms with Crippen molar-refractivity contribution in [3.8, 4) is 68.0 Å². The molecule has 0 saturated carbocycles. The van der Waals surface area contributed by atoms with Gasteiger partial charge in [-0.25, -0.2) is 15.0 Å². The van der Waals surface area contributed by atoms with E-state index in [1.54, 1.807) is 6.20 Å². The number of nitrogens with zero attached hydrogens (tertiary/aromatic N) is 4. The molecule has 8 aromatic rings. The van der Waals surface area contributed by atoms with E-state index >= 15 is 0 Å². The summed E-state index contributed by atoms with van der Waals surface area (Å²) in [4.78, 5) is 19.6. The maximum atomic E-state index is 6.99. The van der Waals surface area contributed by atoms with Crippen LogP contribution in [0, 0.1) is 0 Å². The Morgan fingerprint density at radius 2 is 0.940 bits per heavy atom. The number of ether oxygens (including phenoxy) is 1. The summed E-state index contributed by atoms with van der Waals surface area (Å²) < 4.78 is 6.99. The normalized spacial score (nSPS) is 13.1. The lowest BCUT2D eigenvalue weighted by Crippen LogP contribution is -2.32. The molecule has 10 rings (SSSR count). The summed E-state index contributed by atoms with van der Waals surface area (Å²) in [6.07, 6.45) is 1.76. The Bertz CT molecular complexity index is 2480. The van der Waals surface area contributed by atoms with Gasteiger partial charge in [0.2, 0.25) is 0 Å². The molecule has 0 fully saturated rings. The van der Waals surface area contributed by atoms with Crippen LogP contribution in [-0.4, -0.2) is 19.9 Å². The van der Waals surface area contributed by atoms with Crippen LogP contribution in [0.25, 0.3) is 56.5 Å². The summed E-state index contributed by atoms with van der Waals surface area (Å²) in [5, 5.41) is 0. The SMILES string of the molecule is c1ccc(-c2nc(-c3ccccn3)nc(-c3ccccc3-c3cccc4c3Oc3ccccc3C43c4ccccc4-c4ccccc43)n2)cc1. The van der Waals surface area contributed by atoms with Gasteiger partial charge in [0.25, 0.3) is 0 Å². The lowest BCUT2D eigenvalue weighted by atomic mass is 9.65. The molecule has 0 radical (unpaired) electrons. The van der Waals surface area contributed by atoms with E-state index in [2.05, 4.69) is 114 Å². The zero-order chi connectivity index (χ0) is 33.1. The Balaban J connectivity index is 1.23. The minimum Gasteiger partial charge on any atom is -0.456 e. The van der Waals surface area contributed by atoms with Gasteiger partial charge in [-0.2, -0.15) is 0 Å². The quantitative estimate of drug-likeness (QED) is 0.192. The van der Waals surface area contributed by atoms with Crippen LogP contribution in [0.3, 0.4) is 0 Å². The highest BCUT2D eigenvalue weighted by atomic mass is 16.5. The third-order valence-electron chi connectivity index (χ3n) is 9.89. The average molecular weight is 641 g/mol. The predicted octanol–water partition coefficient (Wildman–Crippen LogP) is 10.4. The van der Waals surface area contributed by atoms with Gasteiger partial charge in [-0.3, -0.25) is 4.98 Å². The molecule has 6 aromatic carbocycles. The topological polar surface area (TPSA) is 60.8 Å². The first-order valence-electron chi connectivity index (χ1n) is 16.7. The van der Waals surface area contributed by atoms with E-state index in [4.69, 9.17) is 19.7 Å². The number of aromatic nitrogens is 4. The van der Waals surface area contributed by atoms with E-state index in [9.17, 15) is 0 Å². The number of benzene rings is 6. The van der Waals surface area contributed by atoms with E-state index < -0.39 is 5.41 Å². The van der Waals surface area contributed by atoms with Crippen LogP contribution >= 0.6 is 0 Å². The van der Waals surface area contributed by atoms with Crippen molar-refractivity contribution >= 4 is 0 Å². The van der Waals surface area contributed by atoms with E-state index in [1.807, 2.05) is 54.6 Å². The fourth-order valence-corrected chi connectivity index (χ4v) is 7.83. The monoisotopic (exact) mass is 640 g/mol. The summed E-state index contributed by atoms with van der Waals surface area (Å²) in [6, 6.07) is 56.6. The van der Waals surface area contributed by atoms with E-state index in [0.717, 1.165) is 44.9 Å². The first kappa shape index (κ1) is 28.3. The highest BCUT2D eigenvalue weighted by Crippen LogP contribution is 2.63. The third kappa shape index (κ3) is 4.13. The number of rotatable bonds is 4. The van der Waals surface area contributed by atoms with Crippen molar-refractivity contribution in [2.24, 2.45) is 0 Å². The fourth-order valence-electron chi connectivity index (χ4n) is 7.83. The molecule has 5 heteroatoms. The minimum atomic E-state index is -0.553. The Labute approximate surface area is 289 Å². The Morgan fingerprint density at radius 1 is 0.380 bits per heavy atom. The predicted molar refractivity (Wildman–Crippen MR) is 197 cm³/mol. The van der Waals surface area contributed by atoms with Gasteiger partial charge in [-0.05, 0) is 46.0 Å². The molecule has 5 nitrogen and oxygen atoms in total. The molecular weight excluding hydrogens is 613 g/mol. The summed E-state index contributed by atoms with van der Waals surface area (Å²) in [6.45, 7) is 0. The number of fused-ring (bicyclic) bond motifs is 9. The molecule has 0 atom stereocenters. The zero-order valence-electron chi connectivity index (χ0n) is 26.9. The largest absolute Gasteiger partial charge is 0.456 e. The first-order chi connectivity index (χ1) is 24.8. The van der Waals surface area contributed by atoms with Crippen molar-refractivity contribution in [3.63, 3.8) is 0 Å². The first-order valence-corrected chi connectivity index (χ1v) is 16.7. The molecule has 0 N–H and O–H groups in total. The van der Waals surface area contributed by atoms with Gasteiger partial charge in [-0.1, -0.05) is 146 Å². The molecule has 3 heterocycles. The van der Waals surface area contributed by atoms with Gasteiger partial charge >= 0.3 is 0 Å². The van der Waals surface area contributed by atoms with Gasteiger partial charge in [0.15, 0.2) is 17.5 Å². The number of pyridine rings is 1. The second-order valence-electron chi connectivity index (χ2n) is 12.6. The number of hydrogen-bond acceptors (Lipinski definition) is 5. The van der Waals surface area contributed by atoms with E-state index in [0.29, 0.717) is 23.2 Å². The van der Waals surface area contributed by atoms with E-state index in [-0.39, 0.29) is 0 Å². The summed E-state index contributed by atoms with van der Waals surface area (Å²) in [7, 11) is 0. The molecule has 0 bridgehead atoms. The molecule has 1 aliphatic heterocycles. The van der Waals surface area contributed by atoms with Crippen LogP contribution in [0.1, 0.15) is 22.3 Å². The fraction of sp³-hybridized carbons (Fsp3) is 0.0222. The van der Waals surface area contributed by atoms with Gasteiger partial charge in [0.05, 0.1) is 5.41 Å². The van der Waals surface area contributed by atoms with Crippen molar-refractivity contribution in [1.29, 1.82) is 0 Å². The highest BCUT2D eigenvalue weighted by molar-refractivity contribution is 5.92. The van der Waals surface area contributed by atoms with Crippen LogP contribution < -0.4 is 4.74 Å². The molecule has 2 aliphatic rings. The third-order valence-corrected chi connectivity index (χ3v) is 9.89. The molecule has 234 valence electrons. The second kappa shape index (κ2) is 11.2. The molecule has 50 heavy (non-hydrogen) atoms. The van der Waals surface area contributed by atoms with Gasteiger partial charge in [0, 0.05) is 34.0 Å². The summed E-state index contributed by atoms with van der Waals surface area (Å²) in [5.41, 5.74) is 11.1. The van der Waals surface area contributed by atoms with Crippen molar-refractivity contribution in [1.82, 2.24) is 19.9 Å². The molecule has 0 saturated heterocycles. The molecule has 1 spiro atoms. The Morgan fingerprint density at radius 3 is 1.68 bits per heavy atom. The van der Waals surface area contributed by atoms with Crippen LogP contribution in [0.5, 0.6) is 11.5 Å². The standard InChI is InChI=1S/C45H28N4O/c1-2-15-29(16-3-1)42-47-43(49-44(48-42)39-26-12-13-28-46-39)34-20-5-4-17-30(34)33-21-14-25-38-41(33)50-40-27-11-10-24-37(40)45(38)35-22-8-6-18-31(35)32-19-7-9-23-36(32)45/h1-28H. The van der Waals surface area contributed by atoms with Crippen molar-refractivity contribution in [2.45, 2.75) is 5.41 Å². The van der Waals surface area contributed by atoms with Crippen LogP contribution in [-0.2, 0) is 5.41 Å². The van der Waals surface area contributed by atoms with Gasteiger partial charge in [0.1, 0.15) is 17.2 Å². The molecule has 0 amide bonds. The molecule has 2 aromatic heterocycles. The lowest BCUT2D eigenvalue weighted by molar-refractivity contribution is 0.438. The maximum absolute atomic E-state index is 6.99.